The molecule has 0 aliphatic carbocycles. The first-order chi connectivity index (χ1) is 9.40. The Morgan fingerprint density at radius 2 is 2.15 bits per heavy atom. The van der Waals surface area contributed by atoms with Crippen LogP contribution in [0.3, 0.4) is 0 Å². The Morgan fingerprint density at radius 3 is 2.60 bits per heavy atom. The minimum absolute atomic E-state index is 0.320. The second kappa shape index (κ2) is 7.97. The zero-order chi connectivity index (χ0) is 15.2. The van der Waals surface area contributed by atoms with Crippen LogP contribution in [-0.2, 0) is 4.74 Å². The SMILES string of the molecule is CCN(CC1CCCO1)C(C)CC(C)(C#N)NC(C)C. The number of rotatable bonds is 8. The molecule has 3 atom stereocenters. The third-order valence-corrected chi connectivity index (χ3v) is 4.05. The van der Waals surface area contributed by atoms with Crippen molar-refractivity contribution in [3.8, 4) is 6.07 Å². The number of ether oxygens (including phenoxy) is 1. The highest BCUT2D eigenvalue weighted by atomic mass is 16.5. The summed E-state index contributed by atoms with van der Waals surface area (Å²) in [5.74, 6) is 0. The molecule has 20 heavy (non-hydrogen) atoms. The van der Waals surface area contributed by atoms with Crippen molar-refractivity contribution in [2.75, 3.05) is 19.7 Å². The largest absolute Gasteiger partial charge is 0.377 e. The zero-order valence-corrected chi connectivity index (χ0v) is 13.8. The Labute approximate surface area is 124 Å². The number of likely N-dealkylation sites (N-methyl/N-ethyl adjacent to an activating group) is 1. The molecule has 0 saturated carbocycles. The second-order valence-electron chi connectivity index (χ2n) is 6.52. The van der Waals surface area contributed by atoms with Crippen molar-refractivity contribution >= 4 is 0 Å². The van der Waals surface area contributed by atoms with Crippen LogP contribution in [0.25, 0.3) is 0 Å². The fourth-order valence-corrected chi connectivity index (χ4v) is 3.16. The topological polar surface area (TPSA) is 48.3 Å². The van der Waals surface area contributed by atoms with E-state index in [0.29, 0.717) is 18.2 Å². The van der Waals surface area contributed by atoms with E-state index in [-0.39, 0.29) is 0 Å². The first-order valence-electron chi connectivity index (χ1n) is 7.94. The molecule has 0 aromatic carbocycles. The minimum Gasteiger partial charge on any atom is -0.377 e. The molecule has 0 bridgehead atoms. The van der Waals surface area contributed by atoms with Crippen LogP contribution in [0, 0.1) is 11.3 Å². The third-order valence-electron chi connectivity index (χ3n) is 4.05. The number of hydrogen-bond donors (Lipinski definition) is 1. The summed E-state index contributed by atoms with van der Waals surface area (Å²) in [6, 6.07) is 3.14. The fraction of sp³-hybridized carbons (Fsp3) is 0.938. The molecule has 116 valence electrons. The second-order valence-corrected chi connectivity index (χ2v) is 6.52. The van der Waals surface area contributed by atoms with Crippen LogP contribution in [0.1, 0.15) is 53.9 Å². The lowest BCUT2D eigenvalue weighted by atomic mass is 9.93. The van der Waals surface area contributed by atoms with Crippen molar-refractivity contribution in [2.24, 2.45) is 0 Å². The van der Waals surface area contributed by atoms with Gasteiger partial charge in [0.1, 0.15) is 5.54 Å². The van der Waals surface area contributed by atoms with Gasteiger partial charge < -0.3 is 4.74 Å². The van der Waals surface area contributed by atoms with Gasteiger partial charge in [-0.2, -0.15) is 5.26 Å². The summed E-state index contributed by atoms with van der Waals surface area (Å²) < 4.78 is 5.73. The van der Waals surface area contributed by atoms with Gasteiger partial charge in [-0.1, -0.05) is 6.92 Å². The molecular formula is C16H31N3O. The molecule has 1 heterocycles. The lowest BCUT2D eigenvalue weighted by Crippen LogP contribution is -2.50. The number of nitrogens with one attached hydrogen (secondary N) is 1. The summed E-state index contributed by atoms with van der Waals surface area (Å²) in [5.41, 5.74) is -0.461. The monoisotopic (exact) mass is 281 g/mol. The fourth-order valence-electron chi connectivity index (χ4n) is 3.16. The summed E-state index contributed by atoms with van der Waals surface area (Å²) in [5, 5.41) is 12.9. The summed E-state index contributed by atoms with van der Waals surface area (Å²) in [7, 11) is 0. The lowest BCUT2D eigenvalue weighted by molar-refractivity contribution is 0.0567. The van der Waals surface area contributed by atoms with E-state index in [2.05, 4.69) is 44.0 Å². The van der Waals surface area contributed by atoms with Gasteiger partial charge >= 0.3 is 0 Å². The van der Waals surface area contributed by atoms with Crippen LogP contribution >= 0.6 is 0 Å². The minimum atomic E-state index is -0.461. The van der Waals surface area contributed by atoms with E-state index >= 15 is 0 Å². The van der Waals surface area contributed by atoms with Gasteiger partial charge in [0, 0.05) is 25.2 Å². The van der Waals surface area contributed by atoms with Gasteiger partial charge in [0.2, 0.25) is 0 Å². The van der Waals surface area contributed by atoms with Crippen LogP contribution in [-0.4, -0.2) is 48.3 Å². The normalized spacial score (nSPS) is 23.8. The summed E-state index contributed by atoms with van der Waals surface area (Å²) >= 11 is 0. The lowest BCUT2D eigenvalue weighted by Gasteiger charge is -2.35. The van der Waals surface area contributed by atoms with Crippen LogP contribution in [0.2, 0.25) is 0 Å². The Kier molecular flexibility index (Phi) is 6.94. The van der Waals surface area contributed by atoms with Crippen molar-refractivity contribution in [3.05, 3.63) is 0 Å². The molecule has 1 aliphatic heterocycles. The molecule has 0 amide bonds. The molecule has 0 spiro atoms. The van der Waals surface area contributed by atoms with Gasteiger partial charge in [-0.25, -0.2) is 0 Å². The Hall–Kier alpha value is -0.630. The molecule has 1 saturated heterocycles. The van der Waals surface area contributed by atoms with E-state index in [9.17, 15) is 5.26 Å². The van der Waals surface area contributed by atoms with Crippen molar-refractivity contribution in [1.29, 1.82) is 5.26 Å². The number of nitrogens with zero attached hydrogens (tertiary/aromatic N) is 2. The first kappa shape index (κ1) is 17.4. The van der Waals surface area contributed by atoms with Crippen LogP contribution < -0.4 is 5.32 Å². The van der Waals surface area contributed by atoms with E-state index in [1.54, 1.807) is 0 Å². The van der Waals surface area contributed by atoms with Crippen molar-refractivity contribution in [3.63, 3.8) is 0 Å². The van der Waals surface area contributed by atoms with Crippen molar-refractivity contribution < 1.29 is 4.74 Å². The van der Waals surface area contributed by atoms with Crippen LogP contribution in [0.4, 0.5) is 0 Å². The Balaban J connectivity index is 2.56. The highest BCUT2D eigenvalue weighted by Crippen LogP contribution is 2.19. The van der Waals surface area contributed by atoms with Crippen molar-refractivity contribution in [1.82, 2.24) is 10.2 Å². The molecule has 4 heteroatoms. The Bertz CT molecular complexity index is 320. The summed E-state index contributed by atoms with van der Waals surface area (Å²) in [4.78, 5) is 2.44. The van der Waals surface area contributed by atoms with Crippen molar-refractivity contribution in [2.45, 2.75) is 77.6 Å². The molecule has 1 fully saturated rings. The maximum Gasteiger partial charge on any atom is 0.105 e. The zero-order valence-electron chi connectivity index (χ0n) is 13.8. The molecular weight excluding hydrogens is 250 g/mol. The van der Waals surface area contributed by atoms with Gasteiger partial charge in [0.25, 0.3) is 0 Å². The predicted octanol–water partition coefficient (Wildman–Crippen LogP) is 2.55. The van der Waals surface area contributed by atoms with Crippen LogP contribution in [0.5, 0.6) is 0 Å². The molecule has 0 radical (unpaired) electrons. The predicted molar refractivity (Wildman–Crippen MR) is 82.6 cm³/mol. The van der Waals surface area contributed by atoms with E-state index < -0.39 is 5.54 Å². The molecule has 1 aliphatic rings. The number of hydrogen-bond acceptors (Lipinski definition) is 4. The molecule has 1 rings (SSSR count). The quantitative estimate of drug-likeness (QED) is 0.743. The third kappa shape index (κ3) is 5.40. The van der Waals surface area contributed by atoms with Gasteiger partial charge in [-0.15, -0.1) is 0 Å². The Morgan fingerprint density at radius 1 is 1.45 bits per heavy atom. The smallest absolute Gasteiger partial charge is 0.105 e. The van der Waals surface area contributed by atoms with Gasteiger partial charge in [0.05, 0.1) is 12.2 Å². The number of nitriles is 1. The van der Waals surface area contributed by atoms with E-state index in [0.717, 1.165) is 26.1 Å². The molecule has 0 aromatic rings. The van der Waals surface area contributed by atoms with Gasteiger partial charge in [-0.05, 0) is 53.5 Å². The molecule has 0 aromatic heterocycles. The average Bonchev–Trinajstić information content (AvgIpc) is 2.87. The highest BCUT2D eigenvalue weighted by molar-refractivity contribution is 5.06. The van der Waals surface area contributed by atoms with E-state index in [1.165, 1.54) is 12.8 Å². The summed E-state index contributed by atoms with van der Waals surface area (Å²) in [6.45, 7) is 13.5. The van der Waals surface area contributed by atoms with Gasteiger partial charge in [-0.3, -0.25) is 10.2 Å². The first-order valence-corrected chi connectivity index (χ1v) is 7.94. The maximum absolute atomic E-state index is 9.47. The molecule has 3 unspecified atom stereocenters. The van der Waals surface area contributed by atoms with Gasteiger partial charge in [0.15, 0.2) is 0 Å². The van der Waals surface area contributed by atoms with Crippen LogP contribution in [0.15, 0.2) is 0 Å². The maximum atomic E-state index is 9.47. The van der Waals surface area contributed by atoms with E-state index in [1.807, 2.05) is 6.92 Å². The average molecular weight is 281 g/mol. The summed E-state index contributed by atoms with van der Waals surface area (Å²) in [6.07, 6.45) is 3.57. The molecule has 4 nitrogen and oxygen atoms in total. The van der Waals surface area contributed by atoms with E-state index in [4.69, 9.17) is 4.74 Å². The molecule has 1 N–H and O–H groups in total. The standard InChI is InChI=1S/C16H31N3O/c1-6-19(11-15-8-7-9-20-15)14(4)10-16(5,12-17)18-13(2)3/h13-15,18H,6-11H2,1-5H3. The highest BCUT2D eigenvalue weighted by Gasteiger charge is 2.30.